The first-order chi connectivity index (χ1) is 7.86. The molecule has 0 N–H and O–H groups in total. The summed E-state index contributed by atoms with van der Waals surface area (Å²) in [6, 6.07) is 0. The number of hydrogen-bond acceptors (Lipinski definition) is 1. The number of rotatable bonds is 1. The van der Waals surface area contributed by atoms with E-state index in [4.69, 9.17) is 5.10 Å². The van der Waals surface area contributed by atoms with Gasteiger partial charge in [-0.15, -0.1) is 0 Å². The molecule has 2 nitrogen and oxygen atoms in total. The van der Waals surface area contributed by atoms with Gasteiger partial charge in [-0.1, -0.05) is 6.08 Å². The van der Waals surface area contributed by atoms with Gasteiger partial charge in [0, 0.05) is 18.3 Å². The van der Waals surface area contributed by atoms with Gasteiger partial charge in [0.05, 0.1) is 5.69 Å². The number of nitrogens with zero attached hydrogens (tertiary/aromatic N) is 2. The highest BCUT2D eigenvalue weighted by Gasteiger charge is 2.21. The minimum absolute atomic E-state index is 1.23. The van der Waals surface area contributed by atoms with Gasteiger partial charge in [0.15, 0.2) is 0 Å². The third-order valence-electron chi connectivity index (χ3n) is 3.96. The highest BCUT2D eigenvalue weighted by Crippen LogP contribution is 2.32. The molecule has 0 unspecified atom stereocenters. The fourth-order valence-corrected chi connectivity index (χ4v) is 3.08. The Hall–Kier alpha value is -1.05. The molecule has 1 heterocycles. The van der Waals surface area contributed by atoms with Crippen LogP contribution in [0, 0.1) is 0 Å². The van der Waals surface area contributed by atoms with Gasteiger partial charge < -0.3 is 0 Å². The predicted octanol–water partition coefficient (Wildman–Crippen LogP) is 3.26. The minimum Gasteiger partial charge on any atom is -0.272 e. The van der Waals surface area contributed by atoms with Crippen LogP contribution in [-0.4, -0.2) is 9.78 Å². The second kappa shape index (κ2) is 4.08. The number of aryl methyl sites for hydroxylation is 1. The van der Waals surface area contributed by atoms with Crippen molar-refractivity contribution in [3.8, 4) is 0 Å². The van der Waals surface area contributed by atoms with E-state index in [-0.39, 0.29) is 0 Å². The van der Waals surface area contributed by atoms with Crippen LogP contribution in [0.5, 0.6) is 0 Å². The van der Waals surface area contributed by atoms with Crippen LogP contribution < -0.4 is 0 Å². The minimum atomic E-state index is 1.23. The fourth-order valence-electron chi connectivity index (χ4n) is 3.08. The number of fused-ring (bicyclic) bond motifs is 1. The third kappa shape index (κ3) is 1.60. The Kier molecular flexibility index (Phi) is 2.58. The molecule has 2 heteroatoms. The average molecular weight is 216 g/mol. The molecule has 0 saturated carbocycles. The summed E-state index contributed by atoms with van der Waals surface area (Å²) in [6.07, 6.45) is 12.8. The van der Waals surface area contributed by atoms with Gasteiger partial charge in [-0.05, 0) is 56.9 Å². The molecule has 0 spiro atoms. The van der Waals surface area contributed by atoms with E-state index in [0.29, 0.717) is 0 Å². The number of hydrogen-bond donors (Lipinski definition) is 0. The van der Waals surface area contributed by atoms with E-state index in [2.05, 4.69) is 17.8 Å². The van der Waals surface area contributed by atoms with E-state index in [1.54, 1.807) is 5.56 Å². The second-order valence-electron chi connectivity index (χ2n) is 5.08. The summed E-state index contributed by atoms with van der Waals surface area (Å²) in [5, 5.41) is 4.76. The first-order valence-electron chi connectivity index (χ1n) is 6.60. The molecular weight excluding hydrogens is 196 g/mol. The zero-order valence-corrected chi connectivity index (χ0v) is 10.1. The zero-order chi connectivity index (χ0) is 11.0. The van der Waals surface area contributed by atoms with Crippen LogP contribution >= 0.6 is 0 Å². The summed E-state index contributed by atoms with van der Waals surface area (Å²) in [4.78, 5) is 0. The van der Waals surface area contributed by atoms with Gasteiger partial charge >= 0.3 is 0 Å². The Morgan fingerprint density at radius 1 is 1.06 bits per heavy atom. The van der Waals surface area contributed by atoms with Crippen LogP contribution in [0.3, 0.4) is 0 Å². The molecule has 0 bridgehead atoms. The average Bonchev–Trinajstić information content (AvgIpc) is 2.69. The monoisotopic (exact) mass is 216 g/mol. The van der Waals surface area contributed by atoms with Gasteiger partial charge in [-0.3, -0.25) is 4.68 Å². The first kappa shape index (κ1) is 10.1. The molecule has 0 atom stereocenters. The van der Waals surface area contributed by atoms with Gasteiger partial charge in [-0.2, -0.15) is 5.10 Å². The molecule has 0 aliphatic heterocycles. The predicted molar refractivity (Wildman–Crippen MR) is 66.3 cm³/mol. The van der Waals surface area contributed by atoms with Crippen molar-refractivity contribution in [3.05, 3.63) is 23.0 Å². The Bertz CT molecular complexity index is 426. The molecule has 0 amide bonds. The number of allylic oxidation sites excluding steroid dienone is 2. The summed E-state index contributed by atoms with van der Waals surface area (Å²) < 4.78 is 2.12. The molecule has 3 rings (SSSR count). The van der Waals surface area contributed by atoms with Crippen molar-refractivity contribution in [3.63, 3.8) is 0 Å². The van der Waals surface area contributed by atoms with Gasteiger partial charge in [0.2, 0.25) is 0 Å². The Balaban J connectivity index is 2.03. The second-order valence-corrected chi connectivity index (χ2v) is 5.08. The molecular formula is C14H20N2. The van der Waals surface area contributed by atoms with Crippen molar-refractivity contribution in [2.75, 3.05) is 0 Å². The van der Waals surface area contributed by atoms with Gasteiger partial charge in [0.1, 0.15) is 0 Å². The summed E-state index contributed by atoms with van der Waals surface area (Å²) >= 11 is 0. The zero-order valence-electron chi connectivity index (χ0n) is 10.1. The Morgan fingerprint density at radius 3 is 2.69 bits per heavy atom. The van der Waals surface area contributed by atoms with Crippen molar-refractivity contribution >= 4 is 5.57 Å². The molecule has 1 aromatic rings. The maximum Gasteiger partial charge on any atom is 0.0914 e. The van der Waals surface area contributed by atoms with Crippen LogP contribution in [0.25, 0.3) is 5.57 Å². The standard InChI is InChI=1S/C14H20N2/c1-16-13-10-6-5-9-12(13)14(15-16)11-7-3-2-4-8-11/h7H,2-6,8-10H2,1H3. The van der Waals surface area contributed by atoms with E-state index >= 15 is 0 Å². The van der Waals surface area contributed by atoms with Crippen molar-refractivity contribution < 1.29 is 0 Å². The SMILES string of the molecule is Cn1nc(C2=CCCCC2)c2c1CCCC2. The van der Waals surface area contributed by atoms with Crippen LogP contribution in [-0.2, 0) is 19.9 Å². The summed E-state index contributed by atoms with van der Waals surface area (Å²) in [5.74, 6) is 0. The van der Waals surface area contributed by atoms with Crippen molar-refractivity contribution in [1.82, 2.24) is 9.78 Å². The lowest BCUT2D eigenvalue weighted by molar-refractivity contribution is 0.626. The summed E-state index contributed by atoms with van der Waals surface area (Å²) in [7, 11) is 2.11. The topological polar surface area (TPSA) is 17.8 Å². The molecule has 86 valence electrons. The summed E-state index contributed by atoms with van der Waals surface area (Å²) in [6.45, 7) is 0. The number of aromatic nitrogens is 2. The van der Waals surface area contributed by atoms with Gasteiger partial charge in [-0.25, -0.2) is 0 Å². The first-order valence-corrected chi connectivity index (χ1v) is 6.60. The van der Waals surface area contributed by atoms with E-state index < -0.39 is 0 Å². The lowest BCUT2D eigenvalue weighted by atomic mass is 9.90. The quantitative estimate of drug-likeness (QED) is 0.704. The largest absolute Gasteiger partial charge is 0.272 e. The molecule has 16 heavy (non-hydrogen) atoms. The molecule has 0 radical (unpaired) electrons. The molecule has 0 fully saturated rings. The lowest BCUT2D eigenvalue weighted by Gasteiger charge is -2.15. The normalized spacial score (nSPS) is 20.4. The smallest absolute Gasteiger partial charge is 0.0914 e. The maximum atomic E-state index is 4.76. The van der Waals surface area contributed by atoms with Crippen molar-refractivity contribution in [2.24, 2.45) is 7.05 Å². The lowest BCUT2D eigenvalue weighted by Crippen LogP contribution is -2.06. The van der Waals surface area contributed by atoms with Crippen molar-refractivity contribution in [1.29, 1.82) is 0 Å². The fraction of sp³-hybridized carbons (Fsp3) is 0.643. The summed E-state index contributed by atoms with van der Waals surface area (Å²) in [5.41, 5.74) is 5.90. The van der Waals surface area contributed by atoms with Crippen LogP contribution in [0.1, 0.15) is 55.5 Å². The third-order valence-corrected chi connectivity index (χ3v) is 3.96. The Labute approximate surface area is 97.4 Å². The maximum absolute atomic E-state index is 4.76. The van der Waals surface area contributed by atoms with Crippen LogP contribution in [0.4, 0.5) is 0 Å². The van der Waals surface area contributed by atoms with Crippen LogP contribution in [0.2, 0.25) is 0 Å². The molecule has 0 saturated heterocycles. The highest BCUT2D eigenvalue weighted by atomic mass is 15.3. The Morgan fingerprint density at radius 2 is 1.88 bits per heavy atom. The van der Waals surface area contributed by atoms with E-state index in [9.17, 15) is 0 Å². The molecule has 2 aliphatic rings. The molecule has 1 aromatic heterocycles. The van der Waals surface area contributed by atoms with E-state index in [1.165, 1.54) is 68.3 Å². The molecule has 2 aliphatic carbocycles. The van der Waals surface area contributed by atoms with E-state index in [1.807, 2.05) is 0 Å². The molecule has 0 aromatic carbocycles. The highest BCUT2D eigenvalue weighted by molar-refractivity contribution is 5.66. The van der Waals surface area contributed by atoms with Gasteiger partial charge in [0.25, 0.3) is 0 Å². The van der Waals surface area contributed by atoms with Crippen molar-refractivity contribution in [2.45, 2.75) is 51.4 Å². The van der Waals surface area contributed by atoms with Crippen LogP contribution in [0.15, 0.2) is 6.08 Å². The van der Waals surface area contributed by atoms with E-state index in [0.717, 1.165) is 0 Å².